The maximum Gasteiger partial charge on any atom is 0.0983 e. The molecule has 0 fully saturated rings. The summed E-state index contributed by atoms with van der Waals surface area (Å²) in [5, 5.41) is 8.49. The van der Waals surface area contributed by atoms with E-state index in [0.29, 0.717) is 0 Å². The molecule has 0 radical (unpaired) electrons. The van der Waals surface area contributed by atoms with E-state index in [1.807, 2.05) is 29.1 Å². The van der Waals surface area contributed by atoms with E-state index in [1.54, 1.807) is 6.20 Å². The second kappa shape index (κ2) is 8.63. The van der Waals surface area contributed by atoms with E-state index in [1.165, 1.54) is 16.7 Å². The lowest BCUT2D eigenvalue weighted by Crippen LogP contribution is -2.18. The normalized spacial score (nSPS) is 12.0. The van der Waals surface area contributed by atoms with E-state index < -0.39 is 0 Å². The summed E-state index contributed by atoms with van der Waals surface area (Å²) < 4.78 is 2.02. The number of nitrogens with zero attached hydrogens (tertiary/aromatic N) is 3. The van der Waals surface area contributed by atoms with E-state index in [9.17, 15) is 0 Å². The molecule has 1 unspecified atom stereocenters. The largest absolute Gasteiger partial charge is 0.306 e. The van der Waals surface area contributed by atoms with Gasteiger partial charge in [-0.05, 0) is 30.2 Å². The molecular weight excluding hydrogens is 344 g/mol. The summed E-state index contributed by atoms with van der Waals surface area (Å²) in [4.78, 5) is 4.27. The van der Waals surface area contributed by atoms with Crippen LogP contribution in [0, 0.1) is 0 Å². The highest BCUT2D eigenvalue weighted by Gasteiger charge is 2.13. The van der Waals surface area contributed by atoms with Crippen LogP contribution in [-0.4, -0.2) is 14.8 Å². The molecule has 140 valence electrons. The van der Waals surface area contributed by atoms with Gasteiger partial charge in [0.05, 0.1) is 12.2 Å². The zero-order valence-corrected chi connectivity index (χ0v) is 16.0. The molecule has 0 bridgehead atoms. The molecule has 28 heavy (non-hydrogen) atoms. The van der Waals surface area contributed by atoms with Crippen molar-refractivity contribution in [1.29, 1.82) is 0 Å². The van der Waals surface area contributed by atoms with Crippen molar-refractivity contribution < 1.29 is 0 Å². The molecule has 2 heterocycles. The van der Waals surface area contributed by atoms with E-state index >= 15 is 0 Å². The average molecular weight is 368 g/mol. The number of aromatic nitrogens is 3. The van der Waals surface area contributed by atoms with Gasteiger partial charge in [-0.2, -0.15) is 5.10 Å². The van der Waals surface area contributed by atoms with Gasteiger partial charge >= 0.3 is 0 Å². The summed E-state index contributed by atoms with van der Waals surface area (Å²) in [6, 6.07) is 25.2. The van der Waals surface area contributed by atoms with Gasteiger partial charge < -0.3 is 5.32 Å². The molecule has 0 aliphatic carbocycles. The Morgan fingerprint density at radius 3 is 2.39 bits per heavy atom. The second-order valence-electron chi connectivity index (χ2n) is 6.94. The third-order valence-corrected chi connectivity index (χ3v) is 4.86. The van der Waals surface area contributed by atoms with Crippen LogP contribution in [0.5, 0.6) is 0 Å². The number of hydrogen-bond acceptors (Lipinski definition) is 3. The van der Waals surface area contributed by atoms with Gasteiger partial charge in [-0.15, -0.1) is 0 Å². The van der Waals surface area contributed by atoms with Crippen LogP contribution >= 0.6 is 0 Å². The van der Waals surface area contributed by atoms with Gasteiger partial charge in [-0.3, -0.25) is 9.67 Å². The first-order valence-corrected chi connectivity index (χ1v) is 9.58. The fourth-order valence-corrected chi connectivity index (χ4v) is 3.31. The Balaban J connectivity index is 1.57. The standard InChI is InChI=1S/C24H24N4/c1-19(21-11-6-3-7-12-21)26-16-23-18-28(17-20-9-4-2-5-10-20)27-24(23)22-13-8-14-25-15-22/h2-15,18-19,26H,16-17H2,1H3. The molecule has 0 saturated carbocycles. The molecule has 0 saturated heterocycles. The van der Waals surface area contributed by atoms with Crippen molar-refractivity contribution in [3.63, 3.8) is 0 Å². The first-order valence-electron chi connectivity index (χ1n) is 9.58. The smallest absolute Gasteiger partial charge is 0.0983 e. The molecular formula is C24H24N4. The average Bonchev–Trinajstić information content (AvgIpc) is 3.16. The van der Waals surface area contributed by atoms with Crippen LogP contribution in [0.4, 0.5) is 0 Å². The predicted octanol–water partition coefficient (Wildman–Crippen LogP) is 4.84. The Hall–Kier alpha value is -3.24. The molecule has 4 aromatic rings. The first kappa shape index (κ1) is 18.1. The molecule has 4 rings (SSSR count). The van der Waals surface area contributed by atoms with Crippen LogP contribution < -0.4 is 5.32 Å². The van der Waals surface area contributed by atoms with Gasteiger partial charge in [0.15, 0.2) is 0 Å². The lowest BCUT2D eigenvalue weighted by atomic mass is 10.1. The van der Waals surface area contributed by atoms with E-state index in [0.717, 1.165) is 24.3 Å². The molecule has 4 heteroatoms. The third-order valence-electron chi connectivity index (χ3n) is 4.86. The number of nitrogens with one attached hydrogen (secondary N) is 1. The summed E-state index contributed by atoms with van der Waals surface area (Å²) in [5.41, 5.74) is 5.71. The van der Waals surface area contributed by atoms with Gasteiger partial charge in [0.1, 0.15) is 0 Å². The molecule has 4 nitrogen and oxygen atoms in total. The monoisotopic (exact) mass is 368 g/mol. The van der Waals surface area contributed by atoms with Crippen molar-refractivity contribution >= 4 is 0 Å². The second-order valence-corrected chi connectivity index (χ2v) is 6.94. The van der Waals surface area contributed by atoms with Gasteiger partial charge in [0.25, 0.3) is 0 Å². The van der Waals surface area contributed by atoms with Crippen molar-refractivity contribution in [2.45, 2.75) is 26.1 Å². The molecule has 0 spiro atoms. The Bertz CT molecular complexity index is 995. The summed E-state index contributed by atoms with van der Waals surface area (Å²) >= 11 is 0. The Kier molecular flexibility index (Phi) is 5.59. The fraction of sp³-hybridized carbons (Fsp3) is 0.167. The minimum absolute atomic E-state index is 0.264. The maximum absolute atomic E-state index is 4.86. The van der Waals surface area contributed by atoms with Crippen molar-refractivity contribution in [2.75, 3.05) is 0 Å². The highest BCUT2D eigenvalue weighted by atomic mass is 15.3. The summed E-state index contributed by atoms with van der Waals surface area (Å²) in [6.07, 6.45) is 5.80. The number of hydrogen-bond donors (Lipinski definition) is 1. The highest BCUT2D eigenvalue weighted by molar-refractivity contribution is 5.61. The van der Waals surface area contributed by atoms with Gasteiger partial charge in [-0.1, -0.05) is 60.7 Å². The topological polar surface area (TPSA) is 42.7 Å². The molecule has 0 aliphatic heterocycles. The molecule has 1 N–H and O–H groups in total. The van der Waals surface area contributed by atoms with Gasteiger partial charge in [0, 0.05) is 42.3 Å². The van der Waals surface area contributed by atoms with E-state index in [2.05, 4.69) is 78.0 Å². The van der Waals surface area contributed by atoms with Crippen LogP contribution in [0.25, 0.3) is 11.3 Å². The lowest BCUT2D eigenvalue weighted by molar-refractivity contribution is 0.574. The fourth-order valence-electron chi connectivity index (χ4n) is 3.31. The zero-order chi connectivity index (χ0) is 19.2. The summed E-state index contributed by atoms with van der Waals surface area (Å²) in [6.45, 7) is 3.69. The van der Waals surface area contributed by atoms with Crippen molar-refractivity contribution in [2.24, 2.45) is 0 Å². The minimum Gasteiger partial charge on any atom is -0.306 e. The van der Waals surface area contributed by atoms with Crippen LogP contribution in [0.3, 0.4) is 0 Å². The third kappa shape index (κ3) is 4.35. The van der Waals surface area contributed by atoms with Gasteiger partial charge in [0.2, 0.25) is 0 Å². The molecule has 1 atom stereocenters. The van der Waals surface area contributed by atoms with Crippen molar-refractivity contribution in [3.8, 4) is 11.3 Å². The quantitative estimate of drug-likeness (QED) is 0.507. The molecule has 2 aromatic carbocycles. The highest BCUT2D eigenvalue weighted by Crippen LogP contribution is 2.23. The van der Waals surface area contributed by atoms with E-state index in [4.69, 9.17) is 5.10 Å². The van der Waals surface area contributed by atoms with E-state index in [-0.39, 0.29) is 6.04 Å². The molecule has 0 amide bonds. The van der Waals surface area contributed by atoms with Crippen molar-refractivity contribution in [3.05, 3.63) is 108 Å². The van der Waals surface area contributed by atoms with Crippen LogP contribution in [0.1, 0.15) is 29.7 Å². The molecule has 0 aliphatic rings. The number of benzene rings is 2. The SMILES string of the molecule is CC(NCc1cn(Cc2ccccc2)nc1-c1cccnc1)c1ccccc1. The first-order chi connectivity index (χ1) is 13.8. The Morgan fingerprint density at radius 1 is 0.929 bits per heavy atom. The lowest BCUT2D eigenvalue weighted by Gasteiger charge is -2.14. The Morgan fingerprint density at radius 2 is 1.68 bits per heavy atom. The van der Waals surface area contributed by atoms with Crippen molar-refractivity contribution in [1.82, 2.24) is 20.1 Å². The van der Waals surface area contributed by atoms with Crippen LogP contribution in [0.2, 0.25) is 0 Å². The van der Waals surface area contributed by atoms with Crippen LogP contribution in [-0.2, 0) is 13.1 Å². The summed E-state index contributed by atoms with van der Waals surface area (Å²) in [7, 11) is 0. The maximum atomic E-state index is 4.86. The van der Waals surface area contributed by atoms with Crippen LogP contribution in [0.15, 0.2) is 91.4 Å². The number of rotatable bonds is 7. The number of pyridine rings is 1. The van der Waals surface area contributed by atoms with Gasteiger partial charge in [-0.25, -0.2) is 0 Å². The predicted molar refractivity (Wildman–Crippen MR) is 113 cm³/mol. The molecule has 2 aromatic heterocycles. The minimum atomic E-state index is 0.264. The zero-order valence-electron chi connectivity index (χ0n) is 16.0. The summed E-state index contributed by atoms with van der Waals surface area (Å²) in [5.74, 6) is 0. The Labute approximate surface area is 165 Å².